The van der Waals surface area contributed by atoms with Crippen LogP contribution in [0.1, 0.15) is 27.4 Å². The summed E-state index contributed by atoms with van der Waals surface area (Å²) in [5.41, 5.74) is 1.70. The molecule has 0 saturated heterocycles. The van der Waals surface area contributed by atoms with Gasteiger partial charge in [-0.3, -0.25) is 4.79 Å². The SMILES string of the molecule is COc1ccc(C(=O)N(Cc2ccccc2)Cc2ccc(C)o2)cc1. The van der Waals surface area contributed by atoms with Gasteiger partial charge in [0.25, 0.3) is 5.91 Å². The highest BCUT2D eigenvalue weighted by Crippen LogP contribution is 2.18. The lowest BCUT2D eigenvalue weighted by Crippen LogP contribution is -2.30. The summed E-state index contributed by atoms with van der Waals surface area (Å²) in [7, 11) is 1.61. The summed E-state index contributed by atoms with van der Waals surface area (Å²) in [5.74, 6) is 2.30. The van der Waals surface area contributed by atoms with E-state index in [1.165, 1.54) is 0 Å². The van der Waals surface area contributed by atoms with Gasteiger partial charge >= 0.3 is 0 Å². The van der Waals surface area contributed by atoms with Gasteiger partial charge in [0.1, 0.15) is 17.3 Å². The molecule has 0 spiro atoms. The first-order valence-corrected chi connectivity index (χ1v) is 8.18. The number of amides is 1. The lowest BCUT2D eigenvalue weighted by atomic mass is 10.1. The molecule has 0 N–H and O–H groups in total. The highest BCUT2D eigenvalue weighted by molar-refractivity contribution is 5.94. The number of benzene rings is 2. The van der Waals surface area contributed by atoms with Gasteiger partial charge in [-0.1, -0.05) is 30.3 Å². The van der Waals surface area contributed by atoms with Crippen LogP contribution in [0.2, 0.25) is 0 Å². The smallest absolute Gasteiger partial charge is 0.254 e. The zero-order valence-corrected chi connectivity index (χ0v) is 14.4. The van der Waals surface area contributed by atoms with Crippen LogP contribution in [-0.4, -0.2) is 17.9 Å². The van der Waals surface area contributed by atoms with E-state index in [-0.39, 0.29) is 5.91 Å². The molecule has 0 atom stereocenters. The third-order valence-electron chi connectivity index (χ3n) is 3.98. The van der Waals surface area contributed by atoms with Crippen LogP contribution < -0.4 is 4.74 Å². The first-order valence-electron chi connectivity index (χ1n) is 8.18. The first kappa shape index (κ1) is 16.8. The summed E-state index contributed by atoms with van der Waals surface area (Å²) in [4.78, 5) is 14.8. The van der Waals surface area contributed by atoms with Crippen molar-refractivity contribution >= 4 is 5.91 Å². The summed E-state index contributed by atoms with van der Waals surface area (Å²) in [5, 5.41) is 0. The van der Waals surface area contributed by atoms with Gasteiger partial charge < -0.3 is 14.1 Å². The average molecular weight is 335 g/mol. The van der Waals surface area contributed by atoms with E-state index in [4.69, 9.17) is 9.15 Å². The standard InChI is InChI=1S/C21H21NO3/c1-16-8-11-20(25-16)15-22(14-17-6-4-3-5-7-17)21(23)18-9-12-19(24-2)13-10-18/h3-13H,14-15H2,1-2H3. The summed E-state index contributed by atoms with van der Waals surface area (Å²) in [6.45, 7) is 2.84. The maximum atomic E-state index is 13.0. The Balaban J connectivity index is 1.84. The second kappa shape index (κ2) is 7.71. The Labute approximate surface area is 147 Å². The van der Waals surface area contributed by atoms with Gasteiger partial charge in [-0.05, 0) is 48.9 Å². The lowest BCUT2D eigenvalue weighted by Gasteiger charge is -2.22. The summed E-state index contributed by atoms with van der Waals surface area (Å²) >= 11 is 0. The van der Waals surface area contributed by atoms with Crippen molar-refractivity contribution in [2.75, 3.05) is 7.11 Å². The van der Waals surface area contributed by atoms with Gasteiger partial charge in [0, 0.05) is 12.1 Å². The third-order valence-corrected chi connectivity index (χ3v) is 3.98. The fraction of sp³-hybridized carbons (Fsp3) is 0.190. The van der Waals surface area contributed by atoms with Gasteiger partial charge in [0.15, 0.2) is 0 Å². The predicted octanol–water partition coefficient (Wildman–Crippen LogP) is 4.44. The Morgan fingerprint density at radius 1 is 0.960 bits per heavy atom. The number of methoxy groups -OCH3 is 1. The van der Waals surface area contributed by atoms with Crippen LogP contribution in [0.5, 0.6) is 5.75 Å². The molecule has 2 aromatic carbocycles. The Kier molecular flexibility index (Phi) is 5.19. The molecule has 1 heterocycles. The lowest BCUT2D eigenvalue weighted by molar-refractivity contribution is 0.0717. The molecule has 25 heavy (non-hydrogen) atoms. The van der Waals surface area contributed by atoms with Crippen LogP contribution in [-0.2, 0) is 13.1 Å². The number of nitrogens with zero attached hydrogens (tertiary/aromatic N) is 1. The van der Waals surface area contributed by atoms with E-state index < -0.39 is 0 Å². The molecule has 0 bridgehead atoms. The normalized spacial score (nSPS) is 10.5. The molecular weight excluding hydrogens is 314 g/mol. The first-order chi connectivity index (χ1) is 12.2. The fourth-order valence-electron chi connectivity index (χ4n) is 2.68. The Morgan fingerprint density at radius 3 is 2.28 bits per heavy atom. The summed E-state index contributed by atoms with van der Waals surface area (Å²) < 4.78 is 10.8. The predicted molar refractivity (Wildman–Crippen MR) is 96.5 cm³/mol. The van der Waals surface area contributed by atoms with Crippen molar-refractivity contribution in [3.63, 3.8) is 0 Å². The summed E-state index contributed by atoms with van der Waals surface area (Å²) in [6, 6.07) is 20.9. The summed E-state index contributed by atoms with van der Waals surface area (Å²) in [6.07, 6.45) is 0. The maximum Gasteiger partial charge on any atom is 0.254 e. The molecule has 3 aromatic rings. The topological polar surface area (TPSA) is 42.7 Å². The average Bonchev–Trinajstić information content (AvgIpc) is 3.06. The number of hydrogen-bond donors (Lipinski definition) is 0. The zero-order valence-electron chi connectivity index (χ0n) is 14.4. The van der Waals surface area contributed by atoms with E-state index in [1.807, 2.05) is 49.4 Å². The molecule has 0 fully saturated rings. The molecule has 1 aromatic heterocycles. The third kappa shape index (κ3) is 4.29. The largest absolute Gasteiger partial charge is 0.497 e. The van der Waals surface area contributed by atoms with Gasteiger partial charge in [-0.15, -0.1) is 0 Å². The van der Waals surface area contributed by atoms with Crippen molar-refractivity contribution < 1.29 is 13.9 Å². The Hall–Kier alpha value is -3.01. The molecule has 1 amide bonds. The molecule has 4 heteroatoms. The Morgan fingerprint density at radius 2 is 1.68 bits per heavy atom. The van der Waals surface area contributed by atoms with Gasteiger partial charge in [-0.2, -0.15) is 0 Å². The number of carbonyl (C=O) groups is 1. The fourth-order valence-corrected chi connectivity index (χ4v) is 2.68. The highest BCUT2D eigenvalue weighted by atomic mass is 16.5. The molecule has 0 aliphatic heterocycles. The molecular formula is C21H21NO3. The van der Waals surface area contributed by atoms with Crippen LogP contribution in [0.4, 0.5) is 0 Å². The highest BCUT2D eigenvalue weighted by Gasteiger charge is 2.18. The van der Waals surface area contributed by atoms with Gasteiger partial charge in [0.2, 0.25) is 0 Å². The second-order valence-electron chi connectivity index (χ2n) is 5.89. The second-order valence-corrected chi connectivity index (χ2v) is 5.89. The number of aryl methyl sites for hydroxylation is 1. The zero-order chi connectivity index (χ0) is 17.6. The van der Waals surface area contributed by atoms with Crippen molar-refractivity contribution in [2.24, 2.45) is 0 Å². The minimum Gasteiger partial charge on any atom is -0.497 e. The van der Waals surface area contributed by atoms with E-state index in [9.17, 15) is 4.79 Å². The van der Waals surface area contributed by atoms with Crippen LogP contribution in [0.15, 0.2) is 71.1 Å². The molecule has 0 saturated carbocycles. The molecule has 0 unspecified atom stereocenters. The number of hydrogen-bond acceptors (Lipinski definition) is 3. The van der Waals surface area contributed by atoms with Crippen molar-refractivity contribution in [2.45, 2.75) is 20.0 Å². The van der Waals surface area contributed by atoms with E-state index >= 15 is 0 Å². The van der Waals surface area contributed by atoms with Crippen LogP contribution in [0.25, 0.3) is 0 Å². The Bertz CT molecular complexity index is 822. The van der Waals surface area contributed by atoms with E-state index in [1.54, 1.807) is 36.3 Å². The van der Waals surface area contributed by atoms with E-state index in [0.717, 1.165) is 22.8 Å². The van der Waals surface area contributed by atoms with Crippen molar-refractivity contribution in [1.82, 2.24) is 4.90 Å². The quantitative estimate of drug-likeness (QED) is 0.669. The molecule has 4 nitrogen and oxygen atoms in total. The van der Waals surface area contributed by atoms with E-state index in [2.05, 4.69) is 0 Å². The van der Waals surface area contributed by atoms with Gasteiger partial charge in [-0.25, -0.2) is 0 Å². The molecule has 0 aliphatic rings. The minimum atomic E-state index is -0.0411. The molecule has 128 valence electrons. The number of carbonyl (C=O) groups excluding carboxylic acids is 1. The van der Waals surface area contributed by atoms with Crippen molar-refractivity contribution in [1.29, 1.82) is 0 Å². The molecule has 0 aliphatic carbocycles. The van der Waals surface area contributed by atoms with Crippen LogP contribution >= 0.6 is 0 Å². The molecule has 3 rings (SSSR count). The molecule has 0 radical (unpaired) electrons. The minimum absolute atomic E-state index is 0.0411. The van der Waals surface area contributed by atoms with E-state index in [0.29, 0.717) is 18.7 Å². The number of ether oxygens (including phenoxy) is 1. The van der Waals surface area contributed by atoms with Crippen molar-refractivity contribution in [3.8, 4) is 5.75 Å². The van der Waals surface area contributed by atoms with Crippen LogP contribution in [0.3, 0.4) is 0 Å². The van der Waals surface area contributed by atoms with Crippen LogP contribution in [0, 0.1) is 6.92 Å². The number of furan rings is 1. The van der Waals surface area contributed by atoms with Crippen molar-refractivity contribution in [3.05, 3.63) is 89.4 Å². The monoisotopic (exact) mass is 335 g/mol. The maximum absolute atomic E-state index is 13.0. The number of rotatable bonds is 6. The van der Waals surface area contributed by atoms with Gasteiger partial charge in [0.05, 0.1) is 13.7 Å².